The van der Waals surface area contributed by atoms with E-state index in [1.807, 2.05) is 13.8 Å². The van der Waals surface area contributed by atoms with Crippen LogP contribution in [-0.4, -0.2) is 31.1 Å². The molecular formula is C14H27NO2. The molecule has 0 amide bonds. The summed E-state index contributed by atoms with van der Waals surface area (Å²) in [5.74, 6) is 1.34. The molecule has 2 rings (SSSR count). The van der Waals surface area contributed by atoms with Gasteiger partial charge in [0.15, 0.2) is 5.79 Å². The lowest BCUT2D eigenvalue weighted by Crippen LogP contribution is -2.41. The van der Waals surface area contributed by atoms with Gasteiger partial charge in [-0.25, -0.2) is 0 Å². The van der Waals surface area contributed by atoms with E-state index < -0.39 is 0 Å². The maximum atomic E-state index is 5.80. The topological polar surface area (TPSA) is 30.5 Å². The Morgan fingerprint density at radius 3 is 2.53 bits per heavy atom. The summed E-state index contributed by atoms with van der Waals surface area (Å²) in [7, 11) is 0. The molecule has 1 saturated heterocycles. The van der Waals surface area contributed by atoms with Gasteiger partial charge >= 0.3 is 0 Å². The van der Waals surface area contributed by atoms with Crippen molar-refractivity contribution in [3.05, 3.63) is 0 Å². The molecule has 1 aliphatic heterocycles. The Labute approximate surface area is 105 Å². The van der Waals surface area contributed by atoms with Crippen LogP contribution in [0.2, 0.25) is 0 Å². The average molecular weight is 241 g/mol. The fraction of sp³-hybridized carbons (Fsp3) is 1.00. The minimum atomic E-state index is -0.388. The second kappa shape index (κ2) is 5.25. The maximum Gasteiger partial charge on any atom is 0.163 e. The Balaban J connectivity index is 1.69. The minimum absolute atomic E-state index is 0.222. The van der Waals surface area contributed by atoms with E-state index in [0.717, 1.165) is 25.0 Å². The summed E-state index contributed by atoms with van der Waals surface area (Å²) in [6.45, 7) is 10.4. The predicted octanol–water partition coefficient (Wildman–Crippen LogP) is 2.55. The molecule has 1 N–H and O–H groups in total. The summed E-state index contributed by atoms with van der Waals surface area (Å²) in [6, 6.07) is 0.675. The van der Waals surface area contributed by atoms with Gasteiger partial charge in [-0.15, -0.1) is 0 Å². The molecule has 0 spiro atoms. The van der Waals surface area contributed by atoms with E-state index >= 15 is 0 Å². The first-order valence-electron chi connectivity index (χ1n) is 7.01. The summed E-state index contributed by atoms with van der Waals surface area (Å²) in [6.07, 6.45) is 4.19. The molecule has 2 fully saturated rings. The lowest BCUT2D eigenvalue weighted by atomic mass is 9.79. The summed E-state index contributed by atoms with van der Waals surface area (Å²) in [5, 5.41) is 3.65. The highest BCUT2D eigenvalue weighted by atomic mass is 16.7. The van der Waals surface area contributed by atoms with Crippen LogP contribution in [0.5, 0.6) is 0 Å². The van der Waals surface area contributed by atoms with Crippen molar-refractivity contribution in [3.63, 3.8) is 0 Å². The van der Waals surface area contributed by atoms with Crippen molar-refractivity contribution in [1.29, 1.82) is 0 Å². The summed E-state index contributed by atoms with van der Waals surface area (Å²) in [5.41, 5.74) is 0. The normalized spacial score (nSPS) is 41.6. The van der Waals surface area contributed by atoms with Gasteiger partial charge in [0.2, 0.25) is 0 Å². The zero-order valence-corrected chi connectivity index (χ0v) is 11.7. The third-order valence-electron chi connectivity index (χ3n) is 4.30. The van der Waals surface area contributed by atoms with Crippen molar-refractivity contribution in [2.24, 2.45) is 11.8 Å². The van der Waals surface area contributed by atoms with Gasteiger partial charge < -0.3 is 14.8 Å². The van der Waals surface area contributed by atoms with Crippen molar-refractivity contribution in [3.8, 4) is 0 Å². The van der Waals surface area contributed by atoms with Gasteiger partial charge in [-0.05, 0) is 44.9 Å². The van der Waals surface area contributed by atoms with Gasteiger partial charge in [0.25, 0.3) is 0 Å². The van der Waals surface area contributed by atoms with Gasteiger partial charge in [-0.2, -0.15) is 0 Å². The smallest absolute Gasteiger partial charge is 0.163 e. The Kier molecular flexibility index (Phi) is 4.11. The third-order valence-corrected chi connectivity index (χ3v) is 4.30. The van der Waals surface area contributed by atoms with Gasteiger partial charge in [-0.3, -0.25) is 0 Å². The zero-order valence-electron chi connectivity index (χ0n) is 11.7. The number of ether oxygens (including phenoxy) is 2. The first kappa shape index (κ1) is 13.3. The molecule has 1 aliphatic carbocycles. The molecule has 0 aromatic carbocycles. The highest BCUT2D eigenvalue weighted by molar-refractivity contribution is 4.82. The van der Waals surface area contributed by atoms with Crippen LogP contribution in [0.1, 0.15) is 47.0 Å². The van der Waals surface area contributed by atoms with Crippen LogP contribution >= 0.6 is 0 Å². The van der Waals surface area contributed by atoms with Crippen molar-refractivity contribution in [2.45, 2.75) is 64.9 Å². The van der Waals surface area contributed by atoms with Crippen molar-refractivity contribution in [2.75, 3.05) is 13.2 Å². The molecule has 1 heterocycles. The molecule has 17 heavy (non-hydrogen) atoms. The van der Waals surface area contributed by atoms with Crippen LogP contribution in [0.4, 0.5) is 0 Å². The maximum absolute atomic E-state index is 5.80. The van der Waals surface area contributed by atoms with E-state index in [1.54, 1.807) is 0 Å². The van der Waals surface area contributed by atoms with Crippen LogP contribution in [-0.2, 0) is 9.47 Å². The molecule has 4 unspecified atom stereocenters. The lowest BCUT2D eigenvalue weighted by molar-refractivity contribution is -0.138. The quantitative estimate of drug-likeness (QED) is 0.823. The molecular weight excluding hydrogens is 214 g/mol. The Hall–Kier alpha value is -0.120. The van der Waals surface area contributed by atoms with Crippen LogP contribution in [0.15, 0.2) is 0 Å². The highest BCUT2D eigenvalue weighted by Gasteiger charge is 2.33. The molecule has 3 heteroatoms. The van der Waals surface area contributed by atoms with E-state index in [4.69, 9.17) is 9.47 Å². The first-order valence-corrected chi connectivity index (χ1v) is 7.01. The number of hydrogen-bond acceptors (Lipinski definition) is 3. The molecule has 1 saturated carbocycles. The lowest BCUT2D eigenvalue weighted by Gasteiger charge is -2.33. The fourth-order valence-corrected chi connectivity index (χ4v) is 2.89. The molecule has 0 aromatic heterocycles. The molecule has 3 nitrogen and oxygen atoms in total. The second-order valence-electron chi connectivity index (χ2n) is 6.32. The van der Waals surface area contributed by atoms with Crippen LogP contribution < -0.4 is 5.32 Å². The van der Waals surface area contributed by atoms with Crippen molar-refractivity contribution in [1.82, 2.24) is 5.32 Å². The van der Waals surface area contributed by atoms with Crippen LogP contribution in [0.25, 0.3) is 0 Å². The zero-order chi connectivity index (χ0) is 12.5. The Morgan fingerprint density at radius 2 is 1.94 bits per heavy atom. The summed E-state index contributed by atoms with van der Waals surface area (Å²) in [4.78, 5) is 0. The SMILES string of the molecule is CC1CCC(NCC2COC(C)(C)O2)CC1C. The number of hydrogen-bond donors (Lipinski definition) is 1. The molecule has 100 valence electrons. The fourth-order valence-electron chi connectivity index (χ4n) is 2.89. The second-order valence-corrected chi connectivity index (χ2v) is 6.32. The van der Waals surface area contributed by atoms with Gasteiger partial charge in [-0.1, -0.05) is 13.8 Å². The van der Waals surface area contributed by atoms with Crippen LogP contribution in [0, 0.1) is 11.8 Å². The Bertz CT molecular complexity index is 255. The average Bonchev–Trinajstić information content (AvgIpc) is 2.60. The standard InChI is InChI=1S/C14H27NO2/c1-10-5-6-12(7-11(10)2)15-8-13-9-16-14(3,4)17-13/h10-13,15H,5-9H2,1-4H3. The molecule has 0 aromatic rings. The van der Waals surface area contributed by atoms with Gasteiger partial charge in [0.1, 0.15) is 0 Å². The predicted molar refractivity (Wildman–Crippen MR) is 68.9 cm³/mol. The monoisotopic (exact) mass is 241 g/mol. The minimum Gasteiger partial charge on any atom is -0.348 e. The summed E-state index contributed by atoms with van der Waals surface area (Å²) < 4.78 is 11.4. The summed E-state index contributed by atoms with van der Waals surface area (Å²) >= 11 is 0. The number of nitrogens with one attached hydrogen (secondary N) is 1. The molecule has 0 radical (unpaired) electrons. The third kappa shape index (κ3) is 3.67. The first-order chi connectivity index (χ1) is 7.96. The van der Waals surface area contributed by atoms with Gasteiger partial charge in [0.05, 0.1) is 12.7 Å². The molecule has 4 atom stereocenters. The van der Waals surface area contributed by atoms with E-state index in [1.165, 1.54) is 19.3 Å². The number of rotatable bonds is 3. The van der Waals surface area contributed by atoms with Crippen LogP contribution in [0.3, 0.4) is 0 Å². The van der Waals surface area contributed by atoms with E-state index in [0.29, 0.717) is 6.04 Å². The van der Waals surface area contributed by atoms with Crippen molar-refractivity contribution >= 4 is 0 Å². The molecule has 2 aliphatic rings. The van der Waals surface area contributed by atoms with E-state index in [-0.39, 0.29) is 11.9 Å². The molecule has 0 bridgehead atoms. The van der Waals surface area contributed by atoms with E-state index in [2.05, 4.69) is 19.2 Å². The van der Waals surface area contributed by atoms with E-state index in [9.17, 15) is 0 Å². The Morgan fingerprint density at radius 1 is 1.18 bits per heavy atom. The highest BCUT2D eigenvalue weighted by Crippen LogP contribution is 2.29. The van der Waals surface area contributed by atoms with Gasteiger partial charge in [0, 0.05) is 12.6 Å². The largest absolute Gasteiger partial charge is 0.348 e. The van der Waals surface area contributed by atoms with Crippen molar-refractivity contribution < 1.29 is 9.47 Å².